The summed E-state index contributed by atoms with van der Waals surface area (Å²) in [5, 5.41) is 0. The second kappa shape index (κ2) is 16.2. The standard InChI is InChI=1S/C51H33N9/c1-5-17-34(18-6-1)46-55-47(35-19-7-2-8-20-35)58-50(57-46)39-26-15-25-38(31-39)40-32-43(42-28-13-14-29-52-42)54-44(33-40)45-41(27-16-30-53-45)51-59-48(36-21-9-3-10-22-36)56-49(60-51)37-23-11-4-12-24-37/h1-33H. The molecule has 0 fully saturated rings. The Hall–Kier alpha value is -8.43. The zero-order chi connectivity index (χ0) is 40.1. The summed E-state index contributed by atoms with van der Waals surface area (Å²) in [5.74, 6) is 3.37. The smallest absolute Gasteiger partial charge is 0.166 e. The fraction of sp³-hybridized carbons (Fsp3) is 0. The average Bonchev–Trinajstić information content (AvgIpc) is 3.35. The van der Waals surface area contributed by atoms with Crippen LogP contribution in [0.25, 0.3) is 102 Å². The Labute approximate surface area is 346 Å². The van der Waals surface area contributed by atoms with Crippen LogP contribution in [0, 0.1) is 0 Å². The second-order valence-electron chi connectivity index (χ2n) is 13.9. The van der Waals surface area contributed by atoms with E-state index in [0.717, 1.165) is 44.6 Å². The van der Waals surface area contributed by atoms with Crippen molar-refractivity contribution in [1.82, 2.24) is 44.9 Å². The third-order valence-corrected chi connectivity index (χ3v) is 9.90. The van der Waals surface area contributed by atoms with Crippen molar-refractivity contribution in [3.8, 4) is 102 Å². The summed E-state index contributed by atoms with van der Waals surface area (Å²) >= 11 is 0. The summed E-state index contributed by atoms with van der Waals surface area (Å²) in [7, 11) is 0. The van der Waals surface area contributed by atoms with Gasteiger partial charge in [0.05, 0.1) is 22.8 Å². The molecule has 0 unspecified atom stereocenters. The van der Waals surface area contributed by atoms with Gasteiger partial charge in [-0.3, -0.25) is 9.97 Å². The van der Waals surface area contributed by atoms with E-state index in [0.29, 0.717) is 57.6 Å². The third-order valence-electron chi connectivity index (χ3n) is 9.90. The van der Waals surface area contributed by atoms with Gasteiger partial charge in [-0.15, -0.1) is 0 Å². The number of nitrogens with zero attached hydrogens (tertiary/aromatic N) is 9. The lowest BCUT2D eigenvalue weighted by molar-refractivity contribution is 1.07. The maximum Gasteiger partial charge on any atom is 0.166 e. The summed E-state index contributed by atoms with van der Waals surface area (Å²) in [5.41, 5.74) is 9.64. The molecule has 5 aromatic carbocycles. The molecule has 0 aliphatic carbocycles. The molecule has 5 heterocycles. The highest BCUT2D eigenvalue weighted by molar-refractivity contribution is 5.83. The van der Waals surface area contributed by atoms with Crippen molar-refractivity contribution in [2.75, 3.05) is 0 Å². The summed E-state index contributed by atoms with van der Waals surface area (Å²) in [6, 6.07) is 61.8. The Bertz CT molecular complexity index is 2960. The molecule has 5 aromatic heterocycles. The molecule has 0 radical (unpaired) electrons. The predicted molar refractivity (Wildman–Crippen MR) is 236 cm³/mol. The first-order valence-corrected chi connectivity index (χ1v) is 19.5. The minimum absolute atomic E-state index is 0.484. The molecule has 0 N–H and O–H groups in total. The van der Waals surface area contributed by atoms with Gasteiger partial charge in [0, 0.05) is 45.8 Å². The van der Waals surface area contributed by atoms with E-state index in [1.165, 1.54) is 0 Å². The van der Waals surface area contributed by atoms with E-state index in [1.54, 1.807) is 12.4 Å². The highest BCUT2D eigenvalue weighted by Crippen LogP contribution is 2.35. The molecule has 10 aromatic rings. The van der Waals surface area contributed by atoms with Gasteiger partial charge in [0.25, 0.3) is 0 Å². The molecule has 60 heavy (non-hydrogen) atoms. The molecule has 0 saturated carbocycles. The first-order valence-electron chi connectivity index (χ1n) is 19.5. The number of pyridine rings is 3. The van der Waals surface area contributed by atoms with Crippen LogP contribution >= 0.6 is 0 Å². The SMILES string of the molecule is c1ccc(-c2nc(-c3ccccc3)nc(-c3cccc(-c4cc(-c5ccccn5)nc(-c5ncccc5-c5nc(-c6ccccc6)nc(-c6ccccc6)n5)c4)c3)n2)cc1. The van der Waals surface area contributed by atoms with Crippen molar-refractivity contribution in [3.63, 3.8) is 0 Å². The molecule has 9 heteroatoms. The van der Waals surface area contributed by atoms with E-state index < -0.39 is 0 Å². The van der Waals surface area contributed by atoms with E-state index in [2.05, 4.69) is 23.2 Å². The molecule has 9 nitrogen and oxygen atoms in total. The van der Waals surface area contributed by atoms with Crippen LogP contribution in [-0.4, -0.2) is 44.9 Å². The fourth-order valence-electron chi connectivity index (χ4n) is 6.96. The number of hydrogen-bond acceptors (Lipinski definition) is 9. The Morgan fingerprint density at radius 1 is 0.233 bits per heavy atom. The maximum absolute atomic E-state index is 5.19. The molecule has 0 saturated heterocycles. The van der Waals surface area contributed by atoms with Crippen LogP contribution in [-0.2, 0) is 0 Å². The molecule has 0 atom stereocenters. The van der Waals surface area contributed by atoms with Gasteiger partial charge in [0.1, 0.15) is 0 Å². The molecule has 0 spiro atoms. The first kappa shape index (κ1) is 35.9. The molecule has 282 valence electrons. The van der Waals surface area contributed by atoms with Gasteiger partial charge in [-0.25, -0.2) is 34.9 Å². The Morgan fingerprint density at radius 2 is 0.667 bits per heavy atom. The van der Waals surface area contributed by atoms with Gasteiger partial charge in [0.15, 0.2) is 34.9 Å². The average molecular weight is 772 g/mol. The van der Waals surface area contributed by atoms with Gasteiger partial charge < -0.3 is 0 Å². The number of rotatable bonds is 9. The third kappa shape index (κ3) is 7.54. The quantitative estimate of drug-likeness (QED) is 0.141. The van der Waals surface area contributed by atoms with Crippen LogP contribution in [0.15, 0.2) is 200 Å². The molecule has 0 amide bonds. The minimum Gasteiger partial charge on any atom is -0.255 e. The summed E-state index contributed by atoms with van der Waals surface area (Å²) in [6.07, 6.45) is 3.54. The highest BCUT2D eigenvalue weighted by atomic mass is 15.0. The molecule has 0 aliphatic heterocycles. The molecule has 10 rings (SSSR count). The molecule has 0 bridgehead atoms. The van der Waals surface area contributed by atoms with Crippen LogP contribution in [0.3, 0.4) is 0 Å². The number of benzene rings is 5. The maximum atomic E-state index is 5.19. The van der Waals surface area contributed by atoms with Crippen LogP contribution < -0.4 is 0 Å². The zero-order valence-electron chi connectivity index (χ0n) is 32.1. The summed E-state index contributed by atoms with van der Waals surface area (Å²) < 4.78 is 0. The van der Waals surface area contributed by atoms with Gasteiger partial charge in [-0.05, 0) is 53.6 Å². The lowest BCUT2D eigenvalue weighted by atomic mass is 9.99. The normalized spacial score (nSPS) is 11.0. The van der Waals surface area contributed by atoms with Gasteiger partial charge in [-0.2, -0.15) is 0 Å². The highest BCUT2D eigenvalue weighted by Gasteiger charge is 2.20. The number of hydrogen-bond donors (Lipinski definition) is 0. The van der Waals surface area contributed by atoms with Crippen molar-refractivity contribution < 1.29 is 0 Å². The second-order valence-corrected chi connectivity index (χ2v) is 13.9. The fourth-order valence-corrected chi connectivity index (χ4v) is 6.96. The summed E-state index contributed by atoms with van der Waals surface area (Å²) in [4.78, 5) is 44.7. The van der Waals surface area contributed by atoms with Gasteiger partial charge in [-0.1, -0.05) is 146 Å². The van der Waals surface area contributed by atoms with Crippen molar-refractivity contribution in [2.45, 2.75) is 0 Å². The lowest BCUT2D eigenvalue weighted by Gasteiger charge is -2.14. The van der Waals surface area contributed by atoms with Crippen molar-refractivity contribution in [1.29, 1.82) is 0 Å². The Morgan fingerprint density at radius 3 is 1.18 bits per heavy atom. The van der Waals surface area contributed by atoms with Crippen molar-refractivity contribution in [3.05, 3.63) is 200 Å². The van der Waals surface area contributed by atoms with Crippen molar-refractivity contribution in [2.24, 2.45) is 0 Å². The molecule has 0 aliphatic rings. The van der Waals surface area contributed by atoms with Crippen molar-refractivity contribution >= 4 is 0 Å². The Kier molecular flexibility index (Phi) is 9.71. The van der Waals surface area contributed by atoms with E-state index in [1.807, 2.05) is 170 Å². The van der Waals surface area contributed by atoms with Crippen LogP contribution in [0.4, 0.5) is 0 Å². The van der Waals surface area contributed by atoms with E-state index in [4.69, 9.17) is 39.9 Å². The van der Waals surface area contributed by atoms with Crippen LogP contribution in [0.5, 0.6) is 0 Å². The minimum atomic E-state index is 0.484. The van der Waals surface area contributed by atoms with Gasteiger partial charge >= 0.3 is 0 Å². The van der Waals surface area contributed by atoms with Gasteiger partial charge in [0.2, 0.25) is 0 Å². The van der Waals surface area contributed by atoms with E-state index in [9.17, 15) is 0 Å². The first-order chi connectivity index (χ1) is 29.7. The molecular weight excluding hydrogens is 739 g/mol. The van der Waals surface area contributed by atoms with Crippen LogP contribution in [0.1, 0.15) is 0 Å². The summed E-state index contributed by atoms with van der Waals surface area (Å²) in [6.45, 7) is 0. The largest absolute Gasteiger partial charge is 0.255 e. The number of aromatic nitrogens is 9. The Balaban J connectivity index is 1.13. The topological polar surface area (TPSA) is 116 Å². The van der Waals surface area contributed by atoms with E-state index >= 15 is 0 Å². The lowest BCUT2D eigenvalue weighted by Crippen LogP contribution is -2.02. The predicted octanol–water partition coefficient (Wildman–Crippen LogP) is 11.2. The monoisotopic (exact) mass is 771 g/mol. The van der Waals surface area contributed by atoms with E-state index in [-0.39, 0.29) is 0 Å². The zero-order valence-corrected chi connectivity index (χ0v) is 32.1. The van der Waals surface area contributed by atoms with Crippen LogP contribution in [0.2, 0.25) is 0 Å². The molecular formula is C51H33N9.